The zero-order chi connectivity index (χ0) is 10.7. The Labute approximate surface area is 92.1 Å². The van der Waals surface area contributed by atoms with Gasteiger partial charge in [-0.05, 0) is 18.2 Å². The fourth-order valence-corrected chi connectivity index (χ4v) is 1.66. The smallest absolute Gasteiger partial charge is 0.188 e. The summed E-state index contributed by atoms with van der Waals surface area (Å²) in [5.41, 5.74) is 0.254. The predicted octanol–water partition coefficient (Wildman–Crippen LogP) is 3.37. The van der Waals surface area contributed by atoms with Crippen LogP contribution in [0.1, 0.15) is 10.4 Å². The minimum atomic E-state index is -0.303. The highest BCUT2D eigenvalue weighted by Gasteiger charge is 2.13. The van der Waals surface area contributed by atoms with Crippen LogP contribution < -0.4 is 4.74 Å². The van der Waals surface area contributed by atoms with Gasteiger partial charge >= 0.3 is 0 Å². The molecule has 0 fully saturated rings. The number of carbonyl (C=O) groups is 1. The quantitative estimate of drug-likeness (QED) is 0.588. The Morgan fingerprint density at radius 3 is 2.29 bits per heavy atom. The maximum atomic E-state index is 11.3. The molecule has 4 heteroatoms. The third kappa shape index (κ3) is 2.08. The van der Waals surface area contributed by atoms with Crippen LogP contribution in [0.25, 0.3) is 0 Å². The lowest BCUT2D eigenvalue weighted by Crippen LogP contribution is -1.97. The van der Waals surface area contributed by atoms with Gasteiger partial charge in [-0.3, -0.25) is 4.79 Å². The Balaban J connectivity index is 3.31. The SMILES string of the molecule is C=CC(=O)c1c(Cl)cc(OC)cc1Cl. The van der Waals surface area contributed by atoms with Gasteiger partial charge in [-0.1, -0.05) is 29.8 Å². The average molecular weight is 231 g/mol. The molecule has 74 valence electrons. The summed E-state index contributed by atoms with van der Waals surface area (Å²) in [6.45, 7) is 3.36. The van der Waals surface area contributed by atoms with Crippen molar-refractivity contribution >= 4 is 29.0 Å². The molecule has 0 aliphatic carbocycles. The van der Waals surface area contributed by atoms with Crippen molar-refractivity contribution in [3.63, 3.8) is 0 Å². The van der Waals surface area contributed by atoms with Gasteiger partial charge in [0.1, 0.15) is 5.75 Å². The third-order valence-corrected chi connectivity index (χ3v) is 2.28. The first-order valence-corrected chi connectivity index (χ1v) is 4.55. The van der Waals surface area contributed by atoms with Crippen molar-refractivity contribution in [2.75, 3.05) is 7.11 Å². The summed E-state index contributed by atoms with van der Waals surface area (Å²) in [4.78, 5) is 11.3. The fourth-order valence-electron chi connectivity index (χ4n) is 1.01. The Bertz CT molecular complexity index is 363. The Morgan fingerprint density at radius 1 is 1.43 bits per heavy atom. The second-order valence-corrected chi connectivity index (χ2v) is 3.35. The number of hydrogen-bond donors (Lipinski definition) is 0. The monoisotopic (exact) mass is 230 g/mol. The van der Waals surface area contributed by atoms with Crippen LogP contribution >= 0.6 is 23.2 Å². The molecule has 0 saturated carbocycles. The molecule has 0 radical (unpaired) electrons. The standard InChI is InChI=1S/C10H8Cl2O2/c1-3-9(13)10-7(11)4-6(14-2)5-8(10)12/h3-5H,1H2,2H3. The van der Waals surface area contributed by atoms with Crippen molar-refractivity contribution in [2.24, 2.45) is 0 Å². The van der Waals surface area contributed by atoms with Crippen molar-refractivity contribution < 1.29 is 9.53 Å². The number of carbonyl (C=O) groups excluding carboxylic acids is 1. The van der Waals surface area contributed by atoms with Gasteiger partial charge in [0.25, 0.3) is 0 Å². The van der Waals surface area contributed by atoms with Crippen molar-refractivity contribution in [2.45, 2.75) is 0 Å². The highest BCUT2D eigenvalue weighted by Crippen LogP contribution is 2.30. The molecule has 0 N–H and O–H groups in total. The first-order valence-electron chi connectivity index (χ1n) is 3.80. The normalized spacial score (nSPS) is 9.64. The van der Waals surface area contributed by atoms with E-state index in [0.29, 0.717) is 5.75 Å². The molecule has 14 heavy (non-hydrogen) atoms. The first-order chi connectivity index (χ1) is 6.60. The zero-order valence-electron chi connectivity index (χ0n) is 7.51. The molecule has 0 saturated heterocycles. The van der Waals surface area contributed by atoms with Crippen molar-refractivity contribution in [1.82, 2.24) is 0 Å². The molecule has 0 bridgehead atoms. The van der Waals surface area contributed by atoms with Crippen LogP contribution in [0.5, 0.6) is 5.75 Å². The maximum absolute atomic E-state index is 11.3. The summed E-state index contributed by atoms with van der Waals surface area (Å²) in [6, 6.07) is 3.06. The number of hydrogen-bond acceptors (Lipinski definition) is 2. The minimum absolute atomic E-state index is 0.254. The van der Waals surface area contributed by atoms with Gasteiger partial charge in [-0.25, -0.2) is 0 Å². The molecule has 1 aromatic rings. The number of allylic oxidation sites excluding steroid dienone is 1. The molecular weight excluding hydrogens is 223 g/mol. The van der Waals surface area contributed by atoms with Crippen LogP contribution in [0, 0.1) is 0 Å². The van der Waals surface area contributed by atoms with Gasteiger partial charge in [0.05, 0.1) is 22.7 Å². The van der Waals surface area contributed by atoms with Crippen molar-refractivity contribution in [1.29, 1.82) is 0 Å². The fraction of sp³-hybridized carbons (Fsp3) is 0.100. The largest absolute Gasteiger partial charge is 0.497 e. The Kier molecular flexibility index (Phi) is 3.55. The van der Waals surface area contributed by atoms with Gasteiger partial charge in [0, 0.05) is 0 Å². The molecule has 0 atom stereocenters. The predicted molar refractivity (Wildman–Crippen MR) is 57.5 cm³/mol. The van der Waals surface area contributed by atoms with E-state index in [0.717, 1.165) is 0 Å². The minimum Gasteiger partial charge on any atom is -0.497 e. The van der Waals surface area contributed by atoms with Crippen LogP contribution in [0.15, 0.2) is 24.8 Å². The highest BCUT2D eigenvalue weighted by molar-refractivity contribution is 6.40. The van der Waals surface area contributed by atoms with E-state index < -0.39 is 0 Å². The lowest BCUT2D eigenvalue weighted by molar-refractivity contribution is 0.104. The topological polar surface area (TPSA) is 26.3 Å². The zero-order valence-corrected chi connectivity index (χ0v) is 9.02. The molecule has 0 heterocycles. The second-order valence-electron chi connectivity index (χ2n) is 2.53. The molecule has 0 aliphatic heterocycles. The lowest BCUT2D eigenvalue weighted by Gasteiger charge is -2.06. The number of halogens is 2. The molecule has 0 spiro atoms. The maximum Gasteiger partial charge on any atom is 0.188 e. The van der Waals surface area contributed by atoms with E-state index in [4.69, 9.17) is 27.9 Å². The third-order valence-electron chi connectivity index (χ3n) is 1.68. The first kappa shape index (κ1) is 11.1. The molecular formula is C10H8Cl2O2. The average Bonchev–Trinajstić information content (AvgIpc) is 2.16. The van der Waals surface area contributed by atoms with Gasteiger partial charge in [-0.2, -0.15) is 0 Å². The van der Waals surface area contributed by atoms with E-state index in [-0.39, 0.29) is 21.4 Å². The number of benzene rings is 1. The number of methoxy groups -OCH3 is 1. The van der Waals surface area contributed by atoms with Crippen LogP contribution in [0.3, 0.4) is 0 Å². The number of ether oxygens (including phenoxy) is 1. The molecule has 0 aromatic heterocycles. The lowest BCUT2D eigenvalue weighted by atomic mass is 10.1. The van der Waals surface area contributed by atoms with E-state index in [2.05, 4.69) is 6.58 Å². The van der Waals surface area contributed by atoms with Crippen LogP contribution in [0.4, 0.5) is 0 Å². The van der Waals surface area contributed by atoms with Gasteiger partial charge < -0.3 is 4.74 Å². The Morgan fingerprint density at radius 2 is 1.93 bits per heavy atom. The van der Waals surface area contributed by atoms with Crippen LogP contribution in [-0.4, -0.2) is 12.9 Å². The van der Waals surface area contributed by atoms with E-state index in [9.17, 15) is 4.79 Å². The van der Waals surface area contributed by atoms with E-state index in [1.54, 1.807) is 0 Å². The molecule has 2 nitrogen and oxygen atoms in total. The van der Waals surface area contributed by atoms with Gasteiger partial charge in [-0.15, -0.1) is 0 Å². The van der Waals surface area contributed by atoms with E-state index in [1.807, 2.05) is 0 Å². The Hall–Kier alpha value is -0.990. The second kappa shape index (κ2) is 4.49. The molecule has 0 amide bonds. The molecule has 0 aliphatic rings. The molecule has 1 aromatic carbocycles. The summed E-state index contributed by atoms with van der Waals surface area (Å²) in [5.74, 6) is 0.211. The summed E-state index contributed by atoms with van der Waals surface area (Å²) in [6.07, 6.45) is 1.17. The summed E-state index contributed by atoms with van der Waals surface area (Å²) in [7, 11) is 1.50. The van der Waals surface area contributed by atoms with Gasteiger partial charge in [0.15, 0.2) is 5.78 Å². The van der Waals surface area contributed by atoms with Crippen molar-refractivity contribution in [3.05, 3.63) is 40.4 Å². The van der Waals surface area contributed by atoms with E-state index in [1.165, 1.54) is 25.3 Å². The van der Waals surface area contributed by atoms with Crippen LogP contribution in [-0.2, 0) is 0 Å². The van der Waals surface area contributed by atoms with Crippen LogP contribution in [0.2, 0.25) is 10.0 Å². The number of ketones is 1. The molecule has 1 rings (SSSR count). The summed E-state index contributed by atoms with van der Waals surface area (Å²) in [5, 5.41) is 0.526. The highest BCUT2D eigenvalue weighted by atomic mass is 35.5. The number of rotatable bonds is 3. The molecule has 0 unspecified atom stereocenters. The van der Waals surface area contributed by atoms with Gasteiger partial charge in [0.2, 0.25) is 0 Å². The summed E-state index contributed by atoms with van der Waals surface area (Å²) < 4.78 is 4.94. The van der Waals surface area contributed by atoms with Crippen molar-refractivity contribution in [3.8, 4) is 5.75 Å². The summed E-state index contributed by atoms with van der Waals surface area (Å²) >= 11 is 11.7. The van der Waals surface area contributed by atoms with E-state index >= 15 is 0 Å².